The Balaban J connectivity index is 2.53. The van der Waals surface area contributed by atoms with Crippen molar-refractivity contribution in [2.24, 2.45) is 0 Å². The summed E-state index contributed by atoms with van der Waals surface area (Å²) >= 11 is 0. The number of nitrogens with zero attached hydrogens (tertiary/aromatic N) is 1. The van der Waals surface area contributed by atoms with Gasteiger partial charge >= 0.3 is 12.0 Å². The second-order valence-corrected chi connectivity index (χ2v) is 3.15. The molecule has 3 amide bonds. The first-order valence-electron chi connectivity index (χ1n) is 4.50. The average molecular weight is 216 g/mol. The number of carbonyl (C=O) groups is 3. The maximum atomic E-state index is 11.5. The number of hydrogen-bond donors (Lipinski definition) is 3. The van der Waals surface area contributed by atoms with Crippen molar-refractivity contribution in [2.45, 2.75) is 18.9 Å². The Bertz CT molecular complexity index is 291. The van der Waals surface area contributed by atoms with E-state index < -0.39 is 23.9 Å². The van der Waals surface area contributed by atoms with E-state index in [1.165, 1.54) is 0 Å². The van der Waals surface area contributed by atoms with E-state index >= 15 is 0 Å². The lowest BCUT2D eigenvalue weighted by atomic mass is 10.1. The molecular weight excluding hydrogens is 204 g/mol. The Morgan fingerprint density at radius 1 is 1.47 bits per heavy atom. The first-order valence-corrected chi connectivity index (χ1v) is 4.50. The highest BCUT2D eigenvalue weighted by Gasteiger charge is 2.37. The molecule has 1 rings (SSSR count). The van der Waals surface area contributed by atoms with E-state index in [1.54, 1.807) is 0 Å². The minimum atomic E-state index is -1.02. The fourth-order valence-electron chi connectivity index (χ4n) is 1.35. The van der Waals surface area contributed by atoms with Crippen molar-refractivity contribution in [3.63, 3.8) is 0 Å². The van der Waals surface area contributed by atoms with E-state index in [1.807, 2.05) is 0 Å². The van der Waals surface area contributed by atoms with Crippen molar-refractivity contribution in [3.8, 4) is 0 Å². The van der Waals surface area contributed by atoms with Gasteiger partial charge in [-0.05, 0) is 6.42 Å². The molecule has 0 unspecified atom stereocenters. The third kappa shape index (κ3) is 2.66. The molecule has 1 aliphatic heterocycles. The summed E-state index contributed by atoms with van der Waals surface area (Å²) in [7, 11) is 0. The van der Waals surface area contributed by atoms with Crippen LogP contribution in [0.5, 0.6) is 0 Å². The number of hydrogen-bond acceptors (Lipinski definition) is 4. The van der Waals surface area contributed by atoms with Gasteiger partial charge in [0.1, 0.15) is 6.04 Å². The largest absolute Gasteiger partial charge is 0.481 e. The number of aliphatic hydroxyl groups is 1. The lowest BCUT2D eigenvalue weighted by molar-refractivity contribution is -0.137. The first kappa shape index (κ1) is 11.4. The molecule has 1 atom stereocenters. The minimum Gasteiger partial charge on any atom is -0.481 e. The fourth-order valence-corrected chi connectivity index (χ4v) is 1.35. The van der Waals surface area contributed by atoms with Crippen LogP contribution in [0.25, 0.3) is 0 Å². The summed E-state index contributed by atoms with van der Waals surface area (Å²) in [6, 6.07) is -1.36. The number of urea groups is 1. The molecule has 15 heavy (non-hydrogen) atoms. The van der Waals surface area contributed by atoms with Gasteiger partial charge in [0.05, 0.1) is 13.2 Å². The highest BCUT2D eigenvalue weighted by molar-refractivity contribution is 6.04. The Kier molecular flexibility index (Phi) is 3.62. The molecule has 1 heterocycles. The molecule has 0 spiro atoms. The van der Waals surface area contributed by atoms with Crippen LogP contribution in [-0.2, 0) is 9.59 Å². The molecule has 3 N–H and O–H groups in total. The molecule has 0 radical (unpaired) electrons. The van der Waals surface area contributed by atoms with Crippen molar-refractivity contribution in [1.29, 1.82) is 0 Å². The second-order valence-electron chi connectivity index (χ2n) is 3.15. The van der Waals surface area contributed by atoms with Crippen LogP contribution in [0, 0.1) is 0 Å². The van der Waals surface area contributed by atoms with Gasteiger partial charge in [-0.15, -0.1) is 0 Å². The number of β-amino-alcohol motifs (C(OH)–C–C–N with tert-alkyl or cyclic N) is 1. The summed E-state index contributed by atoms with van der Waals surface area (Å²) in [6.07, 6.45) is -0.106. The van der Waals surface area contributed by atoms with Gasteiger partial charge in [-0.25, -0.2) is 4.79 Å². The molecule has 0 saturated carbocycles. The molecule has 0 aliphatic carbocycles. The second kappa shape index (κ2) is 4.74. The summed E-state index contributed by atoms with van der Waals surface area (Å²) in [5, 5.41) is 19.4. The van der Waals surface area contributed by atoms with E-state index in [9.17, 15) is 14.4 Å². The van der Waals surface area contributed by atoms with E-state index in [0.717, 1.165) is 4.90 Å². The maximum Gasteiger partial charge on any atom is 0.324 e. The van der Waals surface area contributed by atoms with Crippen molar-refractivity contribution < 1.29 is 24.6 Å². The molecule has 1 saturated heterocycles. The van der Waals surface area contributed by atoms with Gasteiger partial charge in [-0.1, -0.05) is 0 Å². The predicted octanol–water partition coefficient (Wildman–Crippen LogP) is -1.24. The lowest BCUT2D eigenvalue weighted by Crippen LogP contribution is -2.34. The van der Waals surface area contributed by atoms with Crippen LogP contribution in [0.2, 0.25) is 0 Å². The van der Waals surface area contributed by atoms with Crippen molar-refractivity contribution >= 4 is 17.9 Å². The topological polar surface area (TPSA) is 107 Å². The fraction of sp³-hybridized carbons (Fsp3) is 0.625. The number of carbonyl (C=O) groups excluding carboxylic acids is 2. The highest BCUT2D eigenvalue weighted by Crippen LogP contribution is 2.10. The third-order valence-electron chi connectivity index (χ3n) is 2.08. The standard InChI is InChI=1S/C8H12N2O5/c11-4-3-10-7(14)5(9-8(10)15)1-2-6(12)13/h5,11H,1-4H2,(H,9,15)(H,12,13)/t5-/m0/s1. The summed E-state index contributed by atoms with van der Waals surface area (Å²) in [5.74, 6) is -1.49. The monoisotopic (exact) mass is 216 g/mol. The zero-order valence-corrected chi connectivity index (χ0v) is 7.97. The summed E-state index contributed by atoms with van der Waals surface area (Å²) in [5.41, 5.74) is 0. The lowest BCUT2D eigenvalue weighted by Gasteiger charge is -2.10. The van der Waals surface area contributed by atoms with Crippen molar-refractivity contribution in [1.82, 2.24) is 10.2 Å². The van der Waals surface area contributed by atoms with Crippen LogP contribution in [0.15, 0.2) is 0 Å². The number of carboxylic acid groups (broad SMARTS) is 1. The molecule has 0 aromatic carbocycles. The molecule has 7 heteroatoms. The third-order valence-corrected chi connectivity index (χ3v) is 2.08. The van der Waals surface area contributed by atoms with Gasteiger partial charge < -0.3 is 15.5 Å². The number of carboxylic acids is 1. The predicted molar refractivity (Wildman–Crippen MR) is 48.0 cm³/mol. The molecule has 0 bridgehead atoms. The van der Waals surface area contributed by atoms with E-state index in [-0.39, 0.29) is 26.0 Å². The normalized spacial score (nSPS) is 20.6. The SMILES string of the molecule is O=C(O)CC[C@@H]1NC(=O)N(CCO)C1=O. The van der Waals surface area contributed by atoms with E-state index in [2.05, 4.69) is 5.32 Å². The first-order chi connectivity index (χ1) is 7.06. The number of amides is 3. The van der Waals surface area contributed by atoms with Gasteiger partial charge in [0.15, 0.2) is 0 Å². The highest BCUT2D eigenvalue weighted by atomic mass is 16.4. The summed E-state index contributed by atoms with van der Waals surface area (Å²) in [4.78, 5) is 33.8. The Morgan fingerprint density at radius 2 is 2.13 bits per heavy atom. The zero-order chi connectivity index (χ0) is 11.4. The number of imide groups is 1. The van der Waals surface area contributed by atoms with E-state index in [0.29, 0.717) is 0 Å². The van der Waals surface area contributed by atoms with Crippen LogP contribution in [-0.4, -0.2) is 52.2 Å². The van der Waals surface area contributed by atoms with Crippen molar-refractivity contribution in [3.05, 3.63) is 0 Å². The van der Waals surface area contributed by atoms with Gasteiger partial charge in [-0.2, -0.15) is 0 Å². The zero-order valence-electron chi connectivity index (χ0n) is 7.97. The van der Waals surface area contributed by atoms with E-state index in [4.69, 9.17) is 10.2 Å². The maximum absolute atomic E-state index is 11.5. The van der Waals surface area contributed by atoms with Crippen LogP contribution in [0.1, 0.15) is 12.8 Å². The van der Waals surface area contributed by atoms with Crippen LogP contribution < -0.4 is 5.32 Å². The van der Waals surface area contributed by atoms with Gasteiger partial charge in [0, 0.05) is 6.42 Å². The average Bonchev–Trinajstić information content (AvgIpc) is 2.43. The van der Waals surface area contributed by atoms with Crippen LogP contribution in [0.3, 0.4) is 0 Å². The minimum absolute atomic E-state index is 0.0613. The quantitative estimate of drug-likeness (QED) is 0.498. The Morgan fingerprint density at radius 3 is 2.67 bits per heavy atom. The summed E-state index contributed by atoms with van der Waals surface area (Å²) in [6.45, 7) is -0.362. The number of rotatable bonds is 5. The van der Waals surface area contributed by atoms with Gasteiger partial charge in [0.2, 0.25) is 0 Å². The number of aliphatic carboxylic acids is 1. The number of nitrogens with one attached hydrogen (secondary N) is 1. The Labute approximate surface area is 85.7 Å². The molecular formula is C8H12N2O5. The number of aliphatic hydroxyl groups excluding tert-OH is 1. The van der Waals surface area contributed by atoms with Crippen LogP contribution in [0.4, 0.5) is 4.79 Å². The molecule has 7 nitrogen and oxygen atoms in total. The molecule has 84 valence electrons. The smallest absolute Gasteiger partial charge is 0.324 e. The van der Waals surface area contributed by atoms with Crippen molar-refractivity contribution in [2.75, 3.05) is 13.2 Å². The Hall–Kier alpha value is -1.63. The van der Waals surface area contributed by atoms with Gasteiger partial charge in [0.25, 0.3) is 5.91 Å². The molecule has 1 fully saturated rings. The van der Waals surface area contributed by atoms with Gasteiger partial charge in [-0.3, -0.25) is 14.5 Å². The molecule has 0 aromatic heterocycles. The summed E-state index contributed by atoms with van der Waals surface area (Å²) < 4.78 is 0. The molecule has 1 aliphatic rings. The molecule has 0 aromatic rings. The van der Waals surface area contributed by atoms with Crippen LogP contribution >= 0.6 is 0 Å².